The molecule has 78 valence electrons. The Bertz CT molecular complexity index is 583. The number of nitrogens with one attached hydrogen (secondary N) is 1. The minimum Gasteiger partial charge on any atom is -0.312 e. The van der Waals surface area contributed by atoms with Crippen molar-refractivity contribution >= 4 is 11.0 Å². The van der Waals surface area contributed by atoms with Crippen molar-refractivity contribution in [1.82, 2.24) is 19.7 Å². The topological polar surface area (TPSA) is 63.6 Å². The van der Waals surface area contributed by atoms with E-state index in [9.17, 15) is 4.79 Å². The molecule has 0 aliphatic heterocycles. The van der Waals surface area contributed by atoms with E-state index < -0.39 is 0 Å². The predicted molar refractivity (Wildman–Crippen MR) is 55.7 cm³/mol. The highest BCUT2D eigenvalue weighted by Crippen LogP contribution is 2.47. The van der Waals surface area contributed by atoms with E-state index >= 15 is 0 Å². The molecule has 0 radical (unpaired) electrons. The van der Waals surface area contributed by atoms with Crippen LogP contribution in [0.4, 0.5) is 0 Å². The van der Waals surface area contributed by atoms with Gasteiger partial charge >= 0.3 is 0 Å². The fourth-order valence-corrected chi connectivity index (χ4v) is 2.09. The summed E-state index contributed by atoms with van der Waals surface area (Å²) in [6, 6.07) is 0. The maximum Gasteiger partial charge on any atom is 0.262 e. The van der Waals surface area contributed by atoms with Gasteiger partial charge in [0.25, 0.3) is 5.56 Å². The molecule has 0 amide bonds. The summed E-state index contributed by atoms with van der Waals surface area (Å²) < 4.78 is 1.69. The molecule has 2 aromatic rings. The minimum absolute atomic E-state index is 0.0813. The van der Waals surface area contributed by atoms with Crippen LogP contribution in [-0.2, 0) is 7.05 Å². The molecule has 2 aromatic heterocycles. The van der Waals surface area contributed by atoms with Crippen LogP contribution in [0.5, 0.6) is 0 Å². The summed E-state index contributed by atoms with van der Waals surface area (Å²) in [6.07, 6.45) is 2.55. The quantitative estimate of drug-likeness (QED) is 0.746. The third-order valence-electron chi connectivity index (χ3n) is 3.11. The van der Waals surface area contributed by atoms with E-state index in [0.29, 0.717) is 22.9 Å². The van der Waals surface area contributed by atoms with Gasteiger partial charge < -0.3 is 4.98 Å². The molecule has 0 spiro atoms. The number of nitrogens with zero attached hydrogens (tertiary/aromatic N) is 3. The zero-order valence-corrected chi connectivity index (χ0v) is 8.69. The molecular weight excluding hydrogens is 192 g/mol. The first-order valence-corrected chi connectivity index (χ1v) is 5.08. The number of fused-ring (bicyclic) bond motifs is 1. The van der Waals surface area contributed by atoms with E-state index in [0.717, 1.165) is 12.1 Å². The molecule has 1 saturated carbocycles. The first-order chi connectivity index (χ1) is 7.18. The maximum absolute atomic E-state index is 11.7. The highest BCUT2D eigenvalue weighted by atomic mass is 16.1. The monoisotopic (exact) mass is 204 g/mol. The van der Waals surface area contributed by atoms with Crippen LogP contribution in [0.1, 0.15) is 25.0 Å². The highest BCUT2D eigenvalue weighted by Gasteiger charge is 2.38. The summed E-state index contributed by atoms with van der Waals surface area (Å²) in [5, 5.41) is 5.06. The SMILES string of the molecule is C[C@H]1C[C@H]1c1nn(C)c2nc[nH]c(=O)c12. The van der Waals surface area contributed by atoms with Crippen molar-refractivity contribution in [3.05, 3.63) is 22.4 Å². The number of rotatable bonds is 1. The zero-order chi connectivity index (χ0) is 10.6. The van der Waals surface area contributed by atoms with Crippen molar-refractivity contribution in [3.8, 4) is 0 Å². The van der Waals surface area contributed by atoms with Crippen molar-refractivity contribution in [2.75, 3.05) is 0 Å². The molecule has 1 fully saturated rings. The largest absolute Gasteiger partial charge is 0.312 e. The van der Waals surface area contributed by atoms with Gasteiger partial charge in [-0.2, -0.15) is 5.10 Å². The van der Waals surface area contributed by atoms with Crippen molar-refractivity contribution < 1.29 is 0 Å². The third-order valence-corrected chi connectivity index (χ3v) is 3.11. The van der Waals surface area contributed by atoms with Crippen LogP contribution in [0.2, 0.25) is 0 Å². The van der Waals surface area contributed by atoms with Crippen molar-refractivity contribution in [2.45, 2.75) is 19.3 Å². The van der Waals surface area contributed by atoms with Gasteiger partial charge in [-0.05, 0) is 12.3 Å². The van der Waals surface area contributed by atoms with Gasteiger partial charge in [-0.15, -0.1) is 0 Å². The van der Waals surface area contributed by atoms with E-state index in [1.54, 1.807) is 4.68 Å². The first-order valence-electron chi connectivity index (χ1n) is 5.08. The van der Waals surface area contributed by atoms with Gasteiger partial charge in [-0.3, -0.25) is 4.79 Å². The molecule has 5 nitrogen and oxygen atoms in total. The minimum atomic E-state index is -0.0813. The molecule has 0 bridgehead atoms. The van der Waals surface area contributed by atoms with Crippen LogP contribution in [0.3, 0.4) is 0 Å². The lowest BCUT2D eigenvalue weighted by Gasteiger charge is -1.90. The Morgan fingerprint density at radius 3 is 3.00 bits per heavy atom. The number of hydrogen-bond donors (Lipinski definition) is 1. The number of hydrogen-bond acceptors (Lipinski definition) is 3. The van der Waals surface area contributed by atoms with E-state index in [1.165, 1.54) is 6.33 Å². The van der Waals surface area contributed by atoms with Crippen molar-refractivity contribution in [3.63, 3.8) is 0 Å². The van der Waals surface area contributed by atoms with Crippen LogP contribution in [0.15, 0.2) is 11.1 Å². The summed E-state index contributed by atoms with van der Waals surface area (Å²) in [6.45, 7) is 2.18. The molecule has 1 N–H and O–H groups in total. The van der Waals surface area contributed by atoms with Gasteiger partial charge in [0, 0.05) is 13.0 Å². The lowest BCUT2D eigenvalue weighted by Crippen LogP contribution is -2.07. The molecule has 15 heavy (non-hydrogen) atoms. The number of aryl methyl sites for hydroxylation is 1. The fraction of sp³-hybridized carbons (Fsp3) is 0.500. The number of aromatic amines is 1. The number of H-pyrrole nitrogens is 1. The summed E-state index contributed by atoms with van der Waals surface area (Å²) >= 11 is 0. The average Bonchev–Trinajstić information content (AvgIpc) is 2.82. The van der Waals surface area contributed by atoms with E-state index in [-0.39, 0.29) is 5.56 Å². The Morgan fingerprint density at radius 2 is 2.33 bits per heavy atom. The molecule has 3 rings (SSSR count). The Hall–Kier alpha value is -1.65. The first kappa shape index (κ1) is 8.64. The Kier molecular flexibility index (Phi) is 1.55. The standard InChI is InChI=1S/C10H12N4O/c1-5-3-6(5)8-7-9(14(2)13-8)11-4-12-10(7)15/h4-6H,3H2,1-2H3,(H,11,12,15)/t5-,6+/m0/s1. The zero-order valence-electron chi connectivity index (χ0n) is 8.69. The van der Waals surface area contributed by atoms with Crippen LogP contribution < -0.4 is 5.56 Å². The molecule has 1 aliphatic rings. The lowest BCUT2D eigenvalue weighted by molar-refractivity contribution is 0.748. The van der Waals surface area contributed by atoms with Gasteiger partial charge in [-0.25, -0.2) is 9.67 Å². The summed E-state index contributed by atoms with van der Waals surface area (Å²) in [4.78, 5) is 18.5. The van der Waals surface area contributed by atoms with Crippen molar-refractivity contribution in [2.24, 2.45) is 13.0 Å². The van der Waals surface area contributed by atoms with Gasteiger partial charge in [0.2, 0.25) is 0 Å². The highest BCUT2D eigenvalue weighted by molar-refractivity contribution is 5.78. The molecule has 0 unspecified atom stereocenters. The molecule has 2 atom stereocenters. The van der Waals surface area contributed by atoms with Crippen LogP contribution in [-0.4, -0.2) is 19.7 Å². The Labute approximate surface area is 86.1 Å². The third kappa shape index (κ3) is 1.12. The summed E-state index contributed by atoms with van der Waals surface area (Å²) in [5.41, 5.74) is 1.50. The van der Waals surface area contributed by atoms with Crippen LogP contribution >= 0.6 is 0 Å². The lowest BCUT2D eigenvalue weighted by atomic mass is 10.2. The molecule has 5 heteroatoms. The maximum atomic E-state index is 11.7. The molecular formula is C10H12N4O. The summed E-state index contributed by atoms with van der Waals surface area (Å²) in [5.74, 6) is 1.08. The predicted octanol–water partition coefficient (Wildman–Crippen LogP) is 0.780. The van der Waals surface area contributed by atoms with E-state index in [2.05, 4.69) is 22.0 Å². The fourth-order valence-electron chi connectivity index (χ4n) is 2.09. The average molecular weight is 204 g/mol. The second-order valence-electron chi connectivity index (χ2n) is 4.26. The van der Waals surface area contributed by atoms with Crippen LogP contribution in [0.25, 0.3) is 11.0 Å². The van der Waals surface area contributed by atoms with Crippen molar-refractivity contribution in [1.29, 1.82) is 0 Å². The van der Waals surface area contributed by atoms with Gasteiger partial charge in [0.05, 0.1) is 12.0 Å². The van der Waals surface area contributed by atoms with Gasteiger partial charge in [0.1, 0.15) is 5.39 Å². The molecule has 1 aliphatic carbocycles. The molecule has 2 heterocycles. The molecule has 0 saturated heterocycles. The van der Waals surface area contributed by atoms with E-state index in [4.69, 9.17) is 0 Å². The molecule has 0 aromatic carbocycles. The smallest absolute Gasteiger partial charge is 0.262 e. The second-order valence-corrected chi connectivity index (χ2v) is 4.26. The Balaban J connectivity index is 2.35. The van der Waals surface area contributed by atoms with Crippen LogP contribution in [0, 0.1) is 5.92 Å². The van der Waals surface area contributed by atoms with E-state index in [1.807, 2.05) is 7.05 Å². The van der Waals surface area contributed by atoms with Gasteiger partial charge in [-0.1, -0.05) is 6.92 Å². The number of aromatic nitrogens is 4. The normalized spacial score (nSPS) is 24.7. The summed E-state index contributed by atoms with van der Waals surface area (Å²) in [7, 11) is 1.82. The van der Waals surface area contributed by atoms with Gasteiger partial charge in [0.15, 0.2) is 5.65 Å². The second kappa shape index (κ2) is 2.68. The Morgan fingerprint density at radius 1 is 1.60 bits per heavy atom.